The van der Waals surface area contributed by atoms with Gasteiger partial charge in [0.25, 0.3) is 0 Å². The fourth-order valence-electron chi connectivity index (χ4n) is 0. The molecule has 0 aliphatic carbocycles. The maximum absolute atomic E-state index is 7.17. The van der Waals surface area contributed by atoms with E-state index in [-0.39, 0.29) is 78.7 Å². The van der Waals surface area contributed by atoms with Crippen LogP contribution in [0.1, 0.15) is 1.43 Å². The molecule has 1 radical (unpaired) electrons. The van der Waals surface area contributed by atoms with E-state index in [2.05, 4.69) is 0 Å². The van der Waals surface area contributed by atoms with Gasteiger partial charge in [-0.05, 0) is 0 Å². The zero-order chi connectivity index (χ0) is 3.58. The molecule has 0 spiro atoms. The molecule has 0 aromatic carbocycles. The third-order valence-electron chi connectivity index (χ3n) is 0. The topological polar surface area (TPSA) is 60.7 Å². The van der Waals surface area contributed by atoms with Gasteiger partial charge < -0.3 is 16.5 Å². The van der Waals surface area contributed by atoms with Crippen molar-refractivity contribution >= 4 is 7.32 Å². The predicted molar refractivity (Wildman–Crippen MR) is 13.5 cm³/mol. The molecule has 0 heterocycles. The first-order valence-electron chi connectivity index (χ1n) is 0.775. The zero-order valence-electron chi connectivity index (χ0n) is 4.50. The molecule has 0 saturated carbocycles. The first kappa shape index (κ1) is 15.8. The summed E-state index contributed by atoms with van der Waals surface area (Å²) in [5, 5.41) is 21.5. The second kappa shape index (κ2) is 10.4. The van der Waals surface area contributed by atoms with Crippen molar-refractivity contribution in [1.29, 1.82) is 0 Å². The van der Waals surface area contributed by atoms with Gasteiger partial charge in [0.1, 0.15) is 0 Å². The van der Waals surface area contributed by atoms with Gasteiger partial charge in [-0.15, -0.1) is 0 Å². The fraction of sp³-hybridized carbons (Fsp3) is 0. The Morgan fingerprint density at radius 2 is 1.17 bits per heavy atom. The molecule has 29 valence electrons. The zero-order valence-corrected chi connectivity index (χ0v) is 8.42. The van der Waals surface area contributed by atoms with Crippen molar-refractivity contribution in [3.05, 3.63) is 0 Å². The molecule has 6 heteroatoms. The van der Waals surface area contributed by atoms with E-state index in [4.69, 9.17) is 15.1 Å². The van der Waals surface area contributed by atoms with Crippen molar-refractivity contribution in [3.8, 4) is 0 Å². The first-order chi connectivity index (χ1) is 1.73. The number of rotatable bonds is 0. The minimum absolute atomic E-state index is 0. The van der Waals surface area contributed by atoms with E-state index in [0.717, 1.165) is 0 Å². The average Bonchev–Trinajstić information content (AvgIpc) is 0.811. The standard InChI is InChI=1S/BH3O3.K.Sc.H/c2-1(3)4;;;/h2-4H;;;/q;+1;;-1. The summed E-state index contributed by atoms with van der Waals surface area (Å²) in [5.74, 6) is 0. The molecule has 0 aliphatic rings. The van der Waals surface area contributed by atoms with Gasteiger partial charge in [0, 0.05) is 25.8 Å². The average molecular weight is 147 g/mol. The van der Waals surface area contributed by atoms with Crippen molar-refractivity contribution in [1.82, 2.24) is 0 Å². The van der Waals surface area contributed by atoms with E-state index in [1.54, 1.807) is 0 Å². The first-order valence-corrected chi connectivity index (χ1v) is 0.775. The molecule has 0 fully saturated rings. The summed E-state index contributed by atoms with van der Waals surface area (Å²) in [5.41, 5.74) is 0. The van der Waals surface area contributed by atoms with E-state index >= 15 is 0 Å². The molecule has 0 aliphatic heterocycles. The molecule has 3 nitrogen and oxygen atoms in total. The SMILES string of the molecule is OB(O)O.[H-].[K+].[Sc]. The van der Waals surface area contributed by atoms with Crippen LogP contribution >= 0.6 is 0 Å². The van der Waals surface area contributed by atoms with Crippen molar-refractivity contribution in [2.75, 3.05) is 0 Å². The third kappa shape index (κ3) is 31.9. The quantitative estimate of drug-likeness (QED) is 0.301. The molecule has 0 rings (SSSR count). The van der Waals surface area contributed by atoms with Gasteiger partial charge in [-0.2, -0.15) is 0 Å². The van der Waals surface area contributed by atoms with Gasteiger partial charge in [0.2, 0.25) is 0 Å². The van der Waals surface area contributed by atoms with Gasteiger partial charge in [0.15, 0.2) is 0 Å². The summed E-state index contributed by atoms with van der Waals surface area (Å²) in [6.07, 6.45) is 0. The van der Waals surface area contributed by atoms with Gasteiger partial charge >= 0.3 is 58.7 Å². The summed E-state index contributed by atoms with van der Waals surface area (Å²) in [6.45, 7) is 0. The summed E-state index contributed by atoms with van der Waals surface area (Å²) >= 11 is 0. The molecule has 6 heavy (non-hydrogen) atoms. The van der Waals surface area contributed by atoms with Gasteiger partial charge in [-0.25, -0.2) is 0 Å². The second-order valence-corrected chi connectivity index (χ2v) is 0.346. The van der Waals surface area contributed by atoms with Crippen LogP contribution in [0.3, 0.4) is 0 Å². The largest absolute Gasteiger partial charge is 1.00 e. The Labute approximate surface area is 99.0 Å². The molecule has 0 aromatic heterocycles. The predicted octanol–water partition coefficient (Wildman–Crippen LogP) is -4.94. The van der Waals surface area contributed by atoms with Crippen molar-refractivity contribution in [2.24, 2.45) is 0 Å². The van der Waals surface area contributed by atoms with Gasteiger partial charge in [0.05, 0.1) is 0 Å². The Hall–Kier alpha value is 2.45. The smallest absolute Gasteiger partial charge is 1.00 e. The Kier molecular flexibility index (Phi) is 27.5. The van der Waals surface area contributed by atoms with E-state index < -0.39 is 7.32 Å². The maximum atomic E-state index is 7.17. The molecule has 0 saturated heterocycles. The number of hydrogen-bond donors (Lipinski definition) is 3. The maximum Gasteiger partial charge on any atom is 1.00 e. The van der Waals surface area contributed by atoms with Crippen molar-refractivity contribution < 1.29 is 93.7 Å². The van der Waals surface area contributed by atoms with Crippen LogP contribution in [0.2, 0.25) is 0 Å². The molecule has 3 N–H and O–H groups in total. The molecule has 0 amide bonds. The Morgan fingerprint density at radius 3 is 1.17 bits per heavy atom. The van der Waals surface area contributed by atoms with Crippen LogP contribution in [-0.4, -0.2) is 22.4 Å². The molecular weight excluding hydrogens is 143 g/mol. The Balaban J connectivity index is -0.0000000150. The molecule has 0 bridgehead atoms. The van der Waals surface area contributed by atoms with Crippen LogP contribution in [-0.2, 0) is 25.8 Å². The van der Waals surface area contributed by atoms with Crippen LogP contribution in [0.15, 0.2) is 0 Å². The minimum atomic E-state index is -2.17. The molecule has 0 unspecified atom stereocenters. The molecule has 0 atom stereocenters. The molecule has 0 aromatic rings. The number of hydrogen-bond acceptors (Lipinski definition) is 3. The van der Waals surface area contributed by atoms with E-state index in [1.807, 2.05) is 0 Å². The summed E-state index contributed by atoms with van der Waals surface area (Å²) in [7, 11) is -2.17. The Morgan fingerprint density at radius 1 is 1.17 bits per heavy atom. The monoisotopic (exact) mass is 147 g/mol. The van der Waals surface area contributed by atoms with E-state index in [9.17, 15) is 0 Å². The van der Waals surface area contributed by atoms with Crippen LogP contribution in [0, 0.1) is 0 Å². The van der Waals surface area contributed by atoms with E-state index in [0.29, 0.717) is 0 Å². The fourth-order valence-corrected chi connectivity index (χ4v) is 0. The van der Waals surface area contributed by atoms with Crippen LogP contribution < -0.4 is 51.4 Å². The van der Waals surface area contributed by atoms with Crippen LogP contribution in [0.25, 0.3) is 0 Å². The van der Waals surface area contributed by atoms with Gasteiger partial charge in [-0.3, -0.25) is 0 Å². The van der Waals surface area contributed by atoms with Crippen LogP contribution in [0.4, 0.5) is 0 Å². The normalized spacial score (nSPS) is 4.50. The van der Waals surface area contributed by atoms with Gasteiger partial charge in [-0.1, -0.05) is 0 Å². The van der Waals surface area contributed by atoms with Crippen LogP contribution in [0.5, 0.6) is 0 Å². The third-order valence-corrected chi connectivity index (χ3v) is 0. The summed E-state index contributed by atoms with van der Waals surface area (Å²) in [6, 6.07) is 0. The van der Waals surface area contributed by atoms with E-state index in [1.165, 1.54) is 0 Å². The van der Waals surface area contributed by atoms with Crippen molar-refractivity contribution in [2.45, 2.75) is 0 Å². The minimum Gasteiger partial charge on any atom is -1.00 e. The second-order valence-electron chi connectivity index (χ2n) is 0.346. The molecular formula is H4BKO3Sc. The summed E-state index contributed by atoms with van der Waals surface area (Å²) in [4.78, 5) is 0. The summed E-state index contributed by atoms with van der Waals surface area (Å²) < 4.78 is 0. The van der Waals surface area contributed by atoms with Crippen molar-refractivity contribution in [3.63, 3.8) is 0 Å². The Bertz CT molecular complexity index is 19.7.